The fourth-order valence-corrected chi connectivity index (χ4v) is 5.48. The second-order valence-corrected chi connectivity index (χ2v) is 10.4. The van der Waals surface area contributed by atoms with E-state index in [2.05, 4.69) is 30.1 Å². The van der Waals surface area contributed by atoms with E-state index >= 15 is 0 Å². The molecule has 3 aromatic heterocycles. The van der Waals surface area contributed by atoms with E-state index < -0.39 is 29.0 Å². The van der Waals surface area contributed by atoms with Gasteiger partial charge in [-0.2, -0.15) is 26.3 Å². The molecule has 0 spiro atoms. The van der Waals surface area contributed by atoms with Crippen molar-refractivity contribution in [3.8, 4) is 17.1 Å². The first-order valence-corrected chi connectivity index (χ1v) is 12.8. The molecule has 0 bridgehead atoms. The SMILES string of the molecule is COc1ccc2oc(=[SH]c3nc(Cl)cc(=[SH]c4nnc(-c5cc(C(F)(F)F)cc(C(F)(F)F)c5)[nH]4)[nH]3)[nH]c2c1. The van der Waals surface area contributed by atoms with Crippen molar-refractivity contribution in [3.63, 3.8) is 0 Å². The van der Waals surface area contributed by atoms with Gasteiger partial charge in [-0.05, 0) is 30.3 Å². The lowest BCUT2D eigenvalue weighted by atomic mass is 10.0. The topological polar surface area (TPSA) is 108 Å². The molecule has 0 aliphatic rings. The average molecular weight is 609 g/mol. The van der Waals surface area contributed by atoms with Gasteiger partial charge in [0.25, 0.3) is 0 Å². The van der Waals surface area contributed by atoms with Gasteiger partial charge in [-0.25, -0.2) is 4.98 Å². The van der Waals surface area contributed by atoms with Crippen LogP contribution in [0.2, 0.25) is 5.15 Å². The highest BCUT2D eigenvalue weighted by Crippen LogP contribution is 2.38. The summed E-state index contributed by atoms with van der Waals surface area (Å²) >= 11 is 7.01. The van der Waals surface area contributed by atoms with Gasteiger partial charge in [0.2, 0.25) is 4.84 Å². The summed E-state index contributed by atoms with van der Waals surface area (Å²) in [6.45, 7) is 0. The van der Waals surface area contributed by atoms with E-state index in [4.69, 9.17) is 20.8 Å². The number of aromatic nitrogens is 6. The molecule has 206 valence electrons. The van der Waals surface area contributed by atoms with E-state index in [1.807, 2.05) is 0 Å². The third kappa shape index (κ3) is 6.23. The number of aromatic amines is 3. The summed E-state index contributed by atoms with van der Waals surface area (Å²) in [4.78, 5) is 13.5. The van der Waals surface area contributed by atoms with Crippen LogP contribution in [0.25, 0.3) is 22.5 Å². The van der Waals surface area contributed by atoms with Gasteiger partial charge < -0.3 is 24.1 Å². The number of alkyl halides is 6. The third-order valence-corrected chi connectivity index (χ3v) is 7.03. The number of nitrogens with zero attached hydrogens (tertiary/aromatic N) is 3. The maximum atomic E-state index is 13.2. The molecule has 0 aliphatic heterocycles. The van der Waals surface area contributed by atoms with Crippen LogP contribution < -0.4 is 4.74 Å². The molecule has 2 aromatic carbocycles. The fourth-order valence-electron chi connectivity index (χ4n) is 3.39. The number of fused-ring (bicyclic) bond motifs is 1. The standard InChI is InChI=1S/C22H15ClF6N6O2S2/c1-36-12-2-3-14-13(7-12)30-20(37-14)39-18-31-15(23)8-16(32-18)38-19-33-17(34-35-19)9-4-10(21(24,25)26)6-11(5-9)22(27,28)29/h2-8,30,38-39H,1H3,(H,31,32)(H,33,34,35). The Balaban J connectivity index is 1.51. The van der Waals surface area contributed by atoms with Crippen molar-refractivity contribution >= 4 is 45.4 Å². The zero-order valence-corrected chi connectivity index (χ0v) is 21.8. The molecule has 3 N–H and O–H groups in total. The minimum atomic E-state index is -4.99. The number of H-pyrrole nitrogens is 3. The number of rotatable bonds is 4. The Morgan fingerprint density at radius 1 is 0.846 bits per heavy atom. The first-order chi connectivity index (χ1) is 18.4. The van der Waals surface area contributed by atoms with Crippen LogP contribution in [0.15, 0.2) is 57.2 Å². The number of oxazole rings is 1. The normalized spacial score (nSPS) is 13.8. The average Bonchev–Trinajstić information content (AvgIpc) is 3.48. The van der Waals surface area contributed by atoms with Crippen LogP contribution in [0, 0.1) is 9.48 Å². The fraction of sp³-hybridized carbons (Fsp3) is 0.136. The van der Waals surface area contributed by atoms with Gasteiger partial charge in [0.1, 0.15) is 10.9 Å². The number of nitrogens with one attached hydrogen (secondary N) is 3. The van der Waals surface area contributed by atoms with Crippen LogP contribution in [-0.4, -0.2) is 37.2 Å². The molecular formula is C22H15ClF6N6O2S2. The van der Waals surface area contributed by atoms with Crippen molar-refractivity contribution in [1.29, 1.82) is 0 Å². The second kappa shape index (κ2) is 10.2. The summed E-state index contributed by atoms with van der Waals surface area (Å²) in [5.41, 5.74) is -2.03. The van der Waals surface area contributed by atoms with Gasteiger partial charge in [-0.1, -0.05) is 23.0 Å². The van der Waals surface area contributed by atoms with Gasteiger partial charge in [0, 0.05) is 17.7 Å². The number of thiol groups is 2. The predicted octanol–water partition coefficient (Wildman–Crippen LogP) is 7.08. The van der Waals surface area contributed by atoms with E-state index in [1.165, 1.54) is 6.07 Å². The van der Waals surface area contributed by atoms with Gasteiger partial charge in [0.05, 0.1) is 28.4 Å². The molecule has 0 unspecified atom stereocenters. The molecule has 0 saturated heterocycles. The Bertz CT molecular complexity index is 1790. The zero-order valence-electron chi connectivity index (χ0n) is 19.2. The summed E-state index contributed by atoms with van der Waals surface area (Å²) in [6, 6.07) is 7.93. The first-order valence-electron chi connectivity index (χ1n) is 10.6. The van der Waals surface area contributed by atoms with E-state index in [9.17, 15) is 26.3 Å². The number of benzene rings is 2. The summed E-state index contributed by atoms with van der Waals surface area (Å²) < 4.78 is 90.7. The lowest BCUT2D eigenvalue weighted by molar-refractivity contribution is -0.143. The molecule has 0 saturated carbocycles. The molecule has 17 heteroatoms. The molecule has 0 atom stereocenters. The highest BCUT2D eigenvalue weighted by atomic mass is 35.5. The maximum absolute atomic E-state index is 13.2. The number of hydrogen-bond donors (Lipinski definition) is 5. The molecule has 5 aromatic rings. The van der Waals surface area contributed by atoms with Crippen LogP contribution in [0.3, 0.4) is 0 Å². The van der Waals surface area contributed by atoms with Gasteiger partial charge in [0.15, 0.2) is 21.7 Å². The Labute approximate surface area is 226 Å². The first kappa shape index (κ1) is 27.1. The van der Waals surface area contributed by atoms with Crippen molar-refractivity contribution in [1.82, 2.24) is 30.1 Å². The van der Waals surface area contributed by atoms with Gasteiger partial charge in [-0.15, -0.1) is 21.5 Å². The molecule has 39 heavy (non-hydrogen) atoms. The van der Waals surface area contributed by atoms with Gasteiger partial charge in [-0.3, -0.25) is 0 Å². The molecule has 0 fully saturated rings. The largest absolute Gasteiger partial charge is 0.497 e. The Hall–Kier alpha value is -3.50. The number of halogens is 7. The molecule has 0 amide bonds. The van der Waals surface area contributed by atoms with Crippen LogP contribution in [-0.2, 0) is 12.4 Å². The second-order valence-electron chi connectivity index (χ2n) is 7.82. The minimum absolute atomic E-state index is 0.0453. The summed E-state index contributed by atoms with van der Waals surface area (Å²) in [5, 5.41) is 8.25. The van der Waals surface area contributed by atoms with Crippen LogP contribution in [0.5, 0.6) is 5.75 Å². The van der Waals surface area contributed by atoms with Gasteiger partial charge >= 0.3 is 12.4 Å². The van der Waals surface area contributed by atoms with E-state index in [1.54, 1.807) is 25.3 Å². The van der Waals surface area contributed by atoms with Crippen molar-refractivity contribution in [3.05, 3.63) is 68.2 Å². The molecular weight excluding hydrogens is 594 g/mol. The van der Waals surface area contributed by atoms with E-state index in [0.717, 1.165) is 0 Å². The van der Waals surface area contributed by atoms with E-state index in [-0.39, 0.29) is 22.2 Å². The number of ether oxygens (including phenoxy) is 1. The summed E-state index contributed by atoms with van der Waals surface area (Å²) in [6.07, 6.45) is -9.97. The summed E-state index contributed by atoms with van der Waals surface area (Å²) in [5.74, 6) is 0.377. The van der Waals surface area contributed by atoms with Crippen molar-refractivity contribution in [2.24, 2.45) is 0 Å². The van der Waals surface area contributed by atoms with Crippen LogP contribution in [0.1, 0.15) is 11.1 Å². The van der Waals surface area contributed by atoms with Crippen molar-refractivity contribution in [2.45, 2.75) is 22.7 Å². The quantitative estimate of drug-likeness (QED) is 0.0493. The summed E-state index contributed by atoms with van der Waals surface area (Å²) in [7, 11) is 1.54. The number of hydrogen-bond acceptors (Lipinski definition) is 5. The molecule has 0 aliphatic carbocycles. The monoisotopic (exact) mass is 608 g/mol. The third-order valence-electron chi connectivity index (χ3n) is 5.11. The molecule has 0 radical (unpaired) electrons. The molecule has 3 heterocycles. The maximum Gasteiger partial charge on any atom is 0.416 e. The van der Waals surface area contributed by atoms with E-state index in [0.29, 0.717) is 66.3 Å². The predicted molar refractivity (Wildman–Crippen MR) is 134 cm³/mol. The van der Waals surface area contributed by atoms with Crippen molar-refractivity contribution in [2.75, 3.05) is 7.11 Å². The molecule has 8 nitrogen and oxygen atoms in total. The zero-order chi connectivity index (χ0) is 27.9. The number of methoxy groups -OCH3 is 1. The smallest absolute Gasteiger partial charge is 0.416 e. The van der Waals surface area contributed by atoms with Crippen molar-refractivity contribution < 1.29 is 35.5 Å². The van der Waals surface area contributed by atoms with Crippen LogP contribution in [0.4, 0.5) is 26.3 Å². The lowest BCUT2D eigenvalue weighted by Crippen LogP contribution is -2.11. The Morgan fingerprint density at radius 2 is 1.56 bits per heavy atom. The Morgan fingerprint density at radius 3 is 2.23 bits per heavy atom. The lowest BCUT2D eigenvalue weighted by Gasteiger charge is -2.13. The highest BCUT2D eigenvalue weighted by Gasteiger charge is 2.37. The Kier molecular flexibility index (Phi) is 7.11. The highest BCUT2D eigenvalue weighted by molar-refractivity contribution is 7.91. The minimum Gasteiger partial charge on any atom is -0.497 e. The molecule has 5 rings (SSSR count). The van der Waals surface area contributed by atoms with Crippen LogP contribution >= 0.6 is 34.3 Å².